The SMILES string of the molecule is CCCCCCCCCCCCCC1=C(CC)CC(=O)O1. The molecule has 0 fully saturated rings. The Bertz CT molecular complexity index is 318. The average Bonchev–Trinajstić information content (AvgIpc) is 2.85. The summed E-state index contributed by atoms with van der Waals surface area (Å²) in [6.45, 7) is 4.38. The van der Waals surface area contributed by atoms with E-state index >= 15 is 0 Å². The molecule has 1 aliphatic rings. The zero-order chi connectivity index (χ0) is 15.3. The number of carbonyl (C=O) groups is 1. The van der Waals surface area contributed by atoms with Crippen LogP contribution in [0.4, 0.5) is 0 Å². The van der Waals surface area contributed by atoms with Gasteiger partial charge in [-0.15, -0.1) is 0 Å². The molecule has 0 spiro atoms. The molecular formula is C19H34O2. The van der Waals surface area contributed by atoms with Gasteiger partial charge in [-0.05, 0) is 18.4 Å². The van der Waals surface area contributed by atoms with Crippen molar-refractivity contribution >= 4 is 5.97 Å². The van der Waals surface area contributed by atoms with Crippen LogP contribution in [0.15, 0.2) is 11.3 Å². The maximum Gasteiger partial charge on any atom is 0.315 e. The van der Waals surface area contributed by atoms with Gasteiger partial charge in [-0.2, -0.15) is 0 Å². The topological polar surface area (TPSA) is 26.3 Å². The molecule has 0 bridgehead atoms. The van der Waals surface area contributed by atoms with E-state index in [-0.39, 0.29) is 5.97 Å². The Hall–Kier alpha value is -0.790. The van der Waals surface area contributed by atoms with E-state index in [9.17, 15) is 4.79 Å². The van der Waals surface area contributed by atoms with Gasteiger partial charge in [0.1, 0.15) is 5.76 Å². The number of hydrogen-bond donors (Lipinski definition) is 0. The molecule has 21 heavy (non-hydrogen) atoms. The molecule has 0 saturated carbocycles. The smallest absolute Gasteiger partial charge is 0.315 e. The van der Waals surface area contributed by atoms with Crippen LogP contribution in [0.2, 0.25) is 0 Å². The summed E-state index contributed by atoms with van der Waals surface area (Å²) in [5.41, 5.74) is 1.23. The molecule has 0 amide bonds. The van der Waals surface area contributed by atoms with Gasteiger partial charge in [-0.25, -0.2) is 0 Å². The number of rotatable bonds is 13. The van der Waals surface area contributed by atoms with Crippen molar-refractivity contribution in [3.63, 3.8) is 0 Å². The van der Waals surface area contributed by atoms with Crippen LogP contribution in [-0.4, -0.2) is 5.97 Å². The van der Waals surface area contributed by atoms with Crippen LogP contribution in [0.5, 0.6) is 0 Å². The van der Waals surface area contributed by atoms with Gasteiger partial charge in [0.25, 0.3) is 0 Å². The van der Waals surface area contributed by atoms with Crippen molar-refractivity contribution < 1.29 is 9.53 Å². The summed E-state index contributed by atoms with van der Waals surface area (Å²) in [6.07, 6.45) is 17.4. The Morgan fingerprint density at radius 3 is 1.86 bits per heavy atom. The summed E-state index contributed by atoms with van der Waals surface area (Å²) in [6, 6.07) is 0. The molecule has 122 valence electrons. The first-order valence-electron chi connectivity index (χ1n) is 9.19. The molecule has 0 unspecified atom stereocenters. The summed E-state index contributed by atoms with van der Waals surface area (Å²) in [7, 11) is 0. The van der Waals surface area contributed by atoms with Crippen LogP contribution in [0.1, 0.15) is 104 Å². The first-order valence-corrected chi connectivity index (χ1v) is 9.19. The number of ether oxygens (including phenoxy) is 1. The van der Waals surface area contributed by atoms with Crippen molar-refractivity contribution in [2.75, 3.05) is 0 Å². The molecule has 0 N–H and O–H groups in total. The normalized spacial score (nSPS) is 14.9. The predicted molar refractivity (Wildman–Crippen MR) is 89.1 cm³/mol. The van der Waals surface area contributed by atoms with Gasteiger partial charge in [0.15, 0.2) is 0 Å². The van der Waals surface area contributed by atoms with Crippen molar-refractivity contribution in [1.82, 2.24) is 0 Å². The number of hydrogen-bond acceptors (Lipinski definition) is 2. The van der Waals surface area contributed by atoms with Gasteiger partial charge >= 0.3 is 5.97 Å². The van der Waals surface area contributed by atoms with Crippen LogP contribution in [0, 0.1) is 0 Å². The Balaban J connectivity index is 1.90. The monoisotopic (exact) mass is 294 g/mol. The van der Waals surface area contributed by atoms with Gasteiger partial charge in [0.2, 0.25) is 0 Å². The molecule has 1 heterocycles. The minimum atomic E-state index is -0.0510. The second-order valence-electron chi connectivity index (χ2n) is 6.32. The fourth-order valence-electron chi connectivity index (χ4n) is 3.02. The third-order valence-electron chi connectivity index (χ3n) is 4.42. The van der Waals surface area contributed by atoms with E-state index in [2.05, 4.69) is 13.8 Å². The van der Waals surface area contributed by atoms with Gasteiger partial charge in [-0.3, -0.25) is 4.79 Å². The largest absolute Gasteiger partial charge is 0.431 e. The predicted octanol–water partition coefficient (Wildman–Crippen LogP) is 6.30. The summed E-state index contributed by atoms with van der Waals surface area (Å²) in [4.78, 5) is 11.3. The van der Waals surface area contributed by atoms with Gasteiger partial charge in [0.05, 0.1) is 6.42 Å². The fourth-order valence-corrected chi connectivity index (χ4v) is 3.02. The van der Waals surface area contributed by atoms with E-state index in [4.69, 9.17) is 4.74 Å². The summed E-state index contributed by atoms with van der Waals surface area (Å²) in [5.74, 6) is 0.934. The van der Waals surface area contributed by atoms with Crippen LogP contribution in [0.25, 0.3) is 0 Å². The zero-order valence-electron chi connectivity index (χ0n) is 14.2. The Morgan fingerprint density at radius 1 is 0.810 bits per heavy atom. The second-order valence-corrected chi connectivity index (χ2v) is 6.32. The molecule has 0 aromatic carbocycles. The maximum absolute atomic E-state index is 11.3. The van der Waals surface area contributed by atoms with Crippen molar-refractivity contribution in [2.45, 2.75) is 104 Å². The van der Waals surface area contributed by atoms with Crippen LogP contribution >= 0.6 is 0 Å². The number of unbranched alkanes of at least 4 members (excludes halogenated alkanes) is 10. The van der Waals surface area contributed by atoms with E-state index in [1.54, 1.807) is 0 Å². The minimum absolute atomic E-state index is 0.0510. The third kappa shape index (κ3) is 8.28. The van der Waals surface area contributed by atoms with E-state index in [0.29, 0.717) is 6.42 Å². The molecule has 0 atom stereocenters. The molecule has 0 saturated heterocycles. The van der Waals surface area contributed by atoms with E-state index < -0.39 is 0 Å². The van der Waals surface area contributed by atoms with Gasteiger partial charge in [-0.1, -0.05) is 78.1 Å². The quantitative estimate of drug-likeness (QED) is 0.294. The molecule has 0 aromatic heterocycles. The fraction of sp³-hybridized carbons (Fsp3) is 0.842. The first-order chi connectivity index (χ1) is 10.3. The summed E-state index contributed by atoms with van der Waals surface area (Å²) < 4.78 is 5.30. The number of esters is 1. The molecule has 2 nitrogen and oxygen atoms in total. The lowest BCUT2D eigenvalue weighted by Gasteiger charge is -2.05. The van der Waals surface area contributed by atoms with Gasteiger partial charge in [0, 0.05) is 6.42 Å². The van der Waals surface area contributed by atoms with E-state index in [1.165, 1.54) is 76.2 Å². The number of carbonyl (C=O) groups excluding carboxylic acids is 1. The molecular weight excluding hydrogens is 260 g/mol. The Labute approximate surface area is 131 Å². The van der Waals surface area contributed by atoms with Crippen LogP contribution in [-0.2, 0) is 9.53 Å². The molecule has 2 heteroatoms. The number of cyclic esters (lactones) is 1. The molecule has 1 aliphatic heterocycles. The minimum Gasteiger partial charge on any atom is -0.431 e. The lowest BCUT2D eigenvalue weighted by atomic mass is 10.0. The highest BCUT2D eigenvalue weighted by Crippen LogP contribution is 2.27. The van der Waals surface area contributed by atoms with Crippen molar-refractivity contribution in [3.8, 4) is 0 Å². The number of allylic oxidation sites excluding steroid dienone is 1. The third-order valence-corrected chi connectivity index (χ3v) is 4.42. The van der Waals surface area contributed by atoms with Gasteiger partial charge < -0.3 is 4.74 Å². The summed E-state index contributed by atoms with van der Waals surface area (Å²) in [5, 5.41) is 0. The van der Waals surface area contributed by atoms with E-state index in [1.807, 2.05) is 0 Å². The second kappa shape index (κ2) is 11.8. The van der Waals surface area contributed by atoms with Crippen LogP contribution < -0.4 is 0 Å². The van der Waals surface area contributed by atoms with E-state index in [0.717, 1.165) is 18.6 Å². The Morgan fingerprint density at radius 2 is 1.33 bits per heavy atom. The van der Waals surface area contributed by atoms with Crippen molar-refractivity contribution in [1.29, 1.82) is 0 Å². The standard InChI is InChI=1S/C19H34O2/c1-3-5-6-7-8-9-10-11-12-13-14-15-18-17(4-2)16-19(20)21-18/h3-16H2,1-2H3. The molecule has 1 rings (SSSR count). The van der Waals surface area contributed by atoms with Crippen molar-refractivity contribution in [2.24, 2.45) is 0 Å². The lowest BCUT2D eigenvalue weighted by molar-refractivity contribution is -0.136. The molecule has 0 radical (unpaired) electrons. The highest BCUT2D eigenvalue weighted by atomic mass is 16.5. The zero-order valence-corrected chi connectivity index (χ0v) is 14.2. The average molecular weight is 294 g/mol. The Kier molecular flexibility index (Phi) is 10.3. The highest BCUT2D eigenvalue weighted by molar-refractivity contribution is 5.76. The molecule has 0 aromatic rings. The molecule has 0 aliphatic carbocycles. The maximum atomic E-state index is 11.3. The summed E-state index contributed by atoms with van der Waals surface area (Å²) >= 11 is 0. The van der Waals surface area contributed by atoms with Crippen LogP contribution in [0.3, 0.4) is 0 Å². The lowest BCUT2D eigenvalue weighted by Crippen LogP contribution is -1.93. The van der Waals surface area contributed by atoms with Crippen molar-refractivity contribution in [3.05, 3.63) is 11.3 Å². The highest BCUT2D eigenvalue weighted by Gasteiger charge is 2.21. The first kappa shape index (κ1) is 18.3.